The van der Waals surface area contributed by atoms with E-state index < -0.39 is 0 Å². The fraction of sp³-hybridized carbons (Fsp3) is 0.538. The topological polar surface area (TPSA) is 55.4 Å². The second-order valence-corrected chi connectivity index (χ2v) is 10.6. The van der Waals surface area contributed by atoms with Gasteiger partial charge in [-0.05, 0) is 61.3 Å². The van der Waals surface area contributed by atoms with Crippen LogP contribution in [0, 0.1) is 23.2 Å². The van der Waals surface area contributed by atoms with Crippen LogP contribution < -0.4 is 5.32 Å². The molecule has 0 saturated heterocycles. The Hall–Kier alpha value is -2.14. The van der Waals surface area contributed by atoms with Gasteiger partial charge in [0.1, 0.15) is 0 Å². The van der Waals surface area contributed by atoms with Crippen molar-refractivity contribution in [2.75, 3.05) is 7.11 Å². The summed E-state index contributed by atoms with van der Waals surface area (Å²) < 4.78 is 5.85. The first-order chi connectivity index (χ1) is 14.9. The molecule has 0 radical (unpaired) electrons. The summed E-state index contributed by atoms with van der Waals surface area (Å²) in [4.78, 5) is 24.5. The molecule has 3 aliphatic carbocycles. The van der Waals surface area contributed by atoms with Gasteiger partial charge >= 0.3 is 5.97 Å². The van der Waals surface area contributed by atoms with E-state index in [2.05, 4.69) is 37.4 Å². The number of nitrogens with one attached hydrogen (secondary N) is 1. The van der Waals surface area contributed by atoms with E-state index in [0.29, 0.717) is 23.7 Å². The molecule has 2 aromatic rings. The number of benzene rings is 1. The molecular formula is C26H33NO3S. The zero-order valence-corrected chi connectivity index (χ0v) is 19.5. The highest BCUT2D eigenvalue weighted by Gasteiger charge is 2.57. The molecule has 1 amide bonds. The predicted octanol–water partition coefficient (Wildman–Crippen LogP) is 5.97. The molecule has 4 nitrogen and oxygen atoms in total. The van der Waals surface area contributed by atoms with E-state index in [1.807, 2.05) is 23.6 Å². The third-order valence-electron chi connectivity index (χ3n) is 7.68. The lowest BCUT2D eigenvalue weighted by Crippen LogP contribution is -2.63. The summed E-state index contributed by atoms with van der Waals surface area (Å²) in [7, 11) is 1.43. The van der Waals surface area contributed by atoms with Gasteiger partial charge in [-0.1, -0.05) is 44.2 Å². The van der Waals surface area contributed by atoms with Crippen LogP contribution in [-0.2, 0) is 9.53 Å². The Morgan fingerprint density at radius 2 is 2.03 bits per heavy atom. The van der Waals surface area contributed by atoms with Gasteiger partial charge in [-0.15, -0.1) is 11.3 Å². The summed E-state index contributed by atoms with van der Waals surface area (Å²) >= 11 is 1.64. The van der Waals surface area contributed by atoms with Crippen molar-refractivity contribution in [3.63, 3.8) is 0 Å². The fourth-order valence-corrected chi connectivity index (χ4v) is 6.55. The van der Waals surface area contributed by atoms with E-state index in [1.54, 1.807) is 11.3 Å². The molecule has 2 bridgehead atoms. The van der Waals surface area contributed by atoms with Gasteiger partial charge in [0.05, 0.1) is 12.7 Å². The minimum Gasteiger partial charge on any atom is -0.469 e. The highest BCUT2D eigenvalue weighted by molar-refractivity contribution is 7.17. The Bertz CT molecular complexity index is 976. The number of thiophene rings is 1. The fourth-order valence-electron chi connectivity index (χ4n) is 5.61. The van der Waals surface area contributed by atoms with Gasteiger partial charge in [-0.2, -0.15) is 0 Å². The number of amides is 1. The first-order valence-electron chi connectivity index (χ1n) is 11.4. The van der Waals surface area contributed by atoms with Gasteiger partial charge in [0.25, 0.3) is 5.91 Å². The van der Waals surface area contributed by atoms with E-state index in [-0.39, 0.29) is 17.9 Å². The molecule has 1 heterocycles. The molecule has 1 aromatic heterocycles. The molecule has 5 heteroatoms. The van der Waals surface area contributed by atoms with Crippen LogP contribution >= 0.6 is 11.3 Å². The van der Waals surface area contributed by atoms with E-state index in [1.165, 1.54) is 20.0 Å². The van der Waals surface area contributed by atoms with Crippen LogP contribution in [-0.4, -0.2) is 25.0 Å². The highest BCUT2D eigenvalue weighted by Crippen LogP contribution is 2.61. The van der Waals surface area contributed by atoms with Crippen LogP contribution in [0.25, 0.3) is 10.1 Å². The quantitative estimate of drug-likeness (QED) is 0.313. The van der Waals surface area contributed by atoms with Crippen LogP contribution in [0.15, 0.2) is 41.8 Å². The summed E-state index contributed by atoms with van der Waals surface area (Å²) in [6.07, 6.45) is 9.98. The number of hydrogen-bond acceptors (Lipinski definition) is 4. The number of allylic oxidation sites excluding steroid dienone is 2. The summed E-state index contributed by atoms with van der Waals surface area (Å²) in [6, 6.07) is 8.35. The maximum absolute atomic E-state index is 13.2. The third kappa shape index (κ3) is 4.43. The number of ether oxygens (including phenoxy) is 1. The van der Waals surface area contributed by atoms with Crippen LogP contribution in [0.5, 0.6) is 0 Å². The molecule has 5 rings (SSSR count). The highest BCUT2D eigenvalue weighted by atomic mass is 32.1. The van der Waals surface area contributed by atoms with E-state index in [0.717, 1.165) is 40.8 Å². The largest absolute Gasteiger partial charge is 0.469 e. The first-order valence-corrected chi connectivity index (χ1v) is 12.3. The number of methoxy groups -OCH3 is 1. The molecule has 1 N–H and O–H groups in total. The summed E-state index contributed by atoms with van der Waals surface area (Å²) in [5.41, 5.74) is 1.10. The van der Waals surface area contributed by atoms with Gasteiger partial charge < -0.3 is 10.1 Å². The van der Waals surface area contributed by atoms with Crippen LogP contribution in [0.1, 0.15) is 62.7 Å². The Labute approximate surface area is 189 Å². The van der Waals surface area contributed by atoms with Crippen molar-refractivity contribution in [3.8, 4) is 0 Å². The minimum absolute atomic E-state index is 0.0654. The predicted molar refractivity (Wildman–Crippen MR) is 126 cm³/mol. The molecular weight excluding hydrogens is 406 g/mol. The maximum atomic E-state index is 13.2. The van der Waals surface area contributed by atoms with Gasteiger partial charge in [0.15, 0.2) is 0 Å². The Balaban J connectivity index is 1.41. The lowest BCUT2D eigenvalue weighted by molar-refractivity contribution is -0.140. The Morgan fingerprint density at radius 3 is 2.81 bits per heavy atom. The number of rotatable bonds is 8. The number of carbonyl (C=O) groups excluding carboxylic acids is 2. The maximum Gasteiger partial charge on any atom is 0.305 e. The standard InChI is InChI=1S/C26H33NO3S/c1-26(2)18-14-17(10-6-4-5-7-13-23(28)30-3)24(21(26)15-18)27-25(29)20-16-31-22-12-9-8-11-19(20)22/h4,6,8-9,11-12,16-18,21,24H,5,7,10,13-15H2,1-3H3,(H,27,29)/b6-4-/t17-,18?,21-,24+/m0/s1. The molecule has 0 aliphatic heterocycles. The average Bonchev–Trinajstić information content (AvgIpc) is 3.20. The second kappa shape index (κ2) is 9.15. The lowest BCUT2D eigenvalue weighted by atomic mass is 9.44. The number of unbranched alkanes of at least 4 members (excludes halogenated alkanes) is 1. The van der Waals surface area contributed by atoms with Gasteiger partial charge in [-0.3, -0.25) is 9.59 Å². The number of hydrogen-bond donors (Lipinski definition) is 1. The normalized spacial score (nSPS) is 26.5. The molecule has 3 aliphatic rings. The van der Waals surface area contributed by atoms with Crippen molar-refractivity contribution in [1.29, 1.82) is 0 Å². The summed E-state index contributed by atoms with van der Waals surface area (Å²) in [5.74, 6) is 1.69. The van der Waals surface area contributed by atoms with E-state index in [9.17, 15) is 9.59 Å². The lowest BCUT2D eigenvalue weighted by Gasteiger charge is -2.62. The zero-order valence-electron chi connectivity index (χ0n) is 18.7. The first kappa shape index (κ1) is 22.1. The van der Waals surface area contributed by atoms with Crippen molar-refractivity contribution in [1.82, 2.24) is 5.32 Å². The molecule has 1 unspecified atom stereocenters. The molecule has 3 saturated carbocycles. The van der Waals surface area contributed by atoms with Crippen LogP contribution in [0.3, 0.4) is 0 Å². The molecule has 31 heavy (non-hydrogen) atoms. The molecule has 166 valence electrons. The van der Waals surface area contributed by atoms with Crippen LogP contribution in [0.4, 0.5) is 0 Å². The van der Waals surface area contributed by atoms with Crippen molar-refractivity contribution >= 4 is 33.3 Å². The minimum atomic E-state index is -0.147. The zero-order chi connectivity index (χ0) is 22.0. The van der Waals surface area contributed by atoms with Gasteiger partial charge in [-0.25, -0.2) is 0 Å². The molecule has 3 fully saturated rings. The Morgan fingerprint density at radius 1 is 1.23 bits per heavy atom. The van der Waals surface area contributed by atoms with Crippen molar-refractivity contribution in [2.24, 2.45) is 23.2 Å². The second-order valence-electron chi connectivity index (χ2n) is 9.68. The molecule has 4 atom stereocenters. The van der Waals surface area contributed by atoms with Gasteiger partial charge in [0, 0.05) is 27.9 Å². The smallest absolute Gasteiger partial charge is 0.305 e. The number of fused-ring (bicyclic) bond motifs is 3. The summed E-state index contributed by atoms with van der Waals surface area (Å²) in [6.45, 7) is 4.73. The molecule has 1 aromatic carbocycles. The summed E-state index contributed by atoms with van der Waals surface area (Å²) in [5, 5.41) is 6.50. The SMILES string of the molecule is COC(=O)CCC/C=C\C[C@H]1CC2C[C@@H]([C@@H]1NC(=O)c1csc3ccccc13)C2(C)C. The Kier molecular flexibility index (Phi) is 6.52. The monoisotopic (exact) mass is 439 g/mol. The third-order valence-corrected chi connectivity index (χ3v) is 8.65. The molecule has 0 spiro atoms. The number of carbonyl (C=O) groups is 2. The van der Waals surface area contributed by atoms with Crippen molar-refractivity contribution in [3.05, 3.63) is 47.4 Å². The van der Waals surface area contributed by atoms with E-state index in [4.69, 9.17) is 4.74 Å². The number of esters is 1. The van der Waals surface area contributed by atoms with Crippen molar-refractivity contribution in [2.45, 2.75) is 58.4 Å². The van der Waals surface area contributed by atoms with E-state index >= 15 is 0 Å². The van der Waals surface area contributed by atoms with Crippen LogP contribution in [0.2, 0.25) is 0 Å². The average molecular weight is 440 g/mol. The van der Waals surface area contributed by atoms with Gasteiger partial charge in [0.2, 0.25) is 0 Å². The van der Waals surface area contributed by atoms with Crippen molar-refractivity contribution < 1.29 is 14.3 Å².